The molecule has 4 nitrogen and oxygen atoms in total. The fraction of sp³-hybridized carbons (Fsp3) is 0.286. The Morgan fingerprint density at radius 3 is 1.91 bits per heavy atom. The predicted molar refractivity (Wildman–Crippen MR) is 131 cm³/mol. The van der Waals surface area contributed by atoms with Crippen LogP contribution in [0.4, 0.5) is 0 Å². The van der Waals surface area contributed by atoms with Crippen LogP contribution in [0.2, 0.25) is 0 Å². The summed E-state index contributed by atoms with van der Waals surface area (Å²) >= 11 is 0. The van der Waals surface area contributed by atoms with Crippen LogP contribution in [0.5, 0.6) is 0 Å². The summed E-state index contributed by atoms with van der Waals surface area (Å²) in [6.45, 7) is 4.68. The fourth-order valence-electron chi connectivity index (χ4n) is 4.03. The van der Waals surface area contributed by atoms with Crippen molar-refractivity contribution >= 4 is 12.3 Å². The summed E-state index contributed by atoms with van der Waals surface area (Å²) in [5, 5.41) is 2.58. The molecule has 0 radical (unpaired) electrons. The molecule has 0 saturated carbocycles. The lowest BCUT2D eigenvalue weighted by Crippen LogP contribution is -2.42. The van der Waals surface area contributed by atoms with Crippen molar-refractivity contribution in [1.82, 2.24) is 10.2 Å². The smallest absolute Gasteiger partial charge is 0.253 e. The zero-order valence-corrected chi connectivity index (χ0v) is 18.7. The molecule has 4 heteroatoms. The summed E-state index contributed by atoms with van der Waals surface area (Å²) in [6, 6.07) is 30.1. The Morgan fingerprint density at radius 2 is 1.38 bits per heavy atom. The van der Waals surface area contributed by atoms with E-state index in [4.69, 9.17) is 0 Å². The third-order valence-corrected chi connectivity index (χ3v) is 5.98. The largest absolute Gasteiger partial charge is 0.355 e. The molecule has 0 aromatic heterocycles. The SMILES string of the molecule is CC1(Cc2ccccc2)CCN(C(=O)c2ccccc2)CC1.O=CNCc1ccccc1.[HH]. The normalized spacial score (nSPS) is 14.6. The number of likely N-dealkylation sites (tertiary alicyclic amines) is 1. The second-order valence-electron chi connectivity index (χ2n) is 8.62. The molecule has 0 spiro atoms. The lowest BCUT2D eigenvalue weighted by atomic mass is 9.75. The number of carbonyl (C=O) groups excluding carboxylic acids is 2. The average Bonchev–Trinajstić information content (AvgIpc) is 2.85. The Kier molecular flexibility index (Phi) is 8.61. The molecule has 1 aliphatic rings. The van der Waals surface area contributed by atoms with Crippen LogP contribution < -0.4 is 5.32 Å². The monoisotopic (exact) mass is 430 g/mol. The summed E-state index contributed by atoms with van der Waals surface area (Å²) < 4.78 is 0. The zero-order chi connectivity index (χ0) is 22.7. The van der Waals surface area contributed by atoms with Gasteiger partial charge in [-0.3, -0.25) is 9.59 Å². The number of hydrogen-bond acceptors (Lipinski definition) is 2. The first-order chi connectivity index (χ1) is 15.6. The quantitative estimate of drug-likeness (QED) is 0.536. The molecule has 0 unspecified atom stereocenters. The fourth-order valence-corrected chi connectivity index (χ4v) is 4.03. The molecule has 1 aliphatic heterocycles. The minimum absolute atomic E-state index is 0. The van der Waals surface area contributed by atoms with E-state index in [0.717, 1.165) is 43.5 Å². The molecule has 0 bridgehead atoms. The van der Waals surface area contributed by atoms with Crippen LogP contribution in [0.1, 0.15) is 42.7 Å². The molecule has 0 aliphatic carbocycles. The molecule has 1 fully saturated rings. The second kappa shape index (κ2) is 11.8. The first kappa shape index (κ1) is 23.3. The van der Waals surface area contributed by atoms with Gasteiger partial charge in [0.05, 0.1) is 0 Å². The molecule has 2 amide bonds. The van der Waals surface area contributed by atoms with E-state index < -0.39 is 0 Å². The summed E-state index contributed by atoms with van der Waals surface area (Å²) in [4.78, 5) is 24.4. The van der Waals surface area contributed by atoms with Crippen LogP contribution in [0.3, 0.4) is 0 Å². The number of amides is 2. The van der Waals surface area contributed by atoms with Gasteiger partial charge in [-0.15, -0.1) is 0 Å². The maximum absolute atomic E-state index is 12.5. The van der Waals surface area contributed by atoms with Gasteiger partial charge in [0.1, 0.15) is 0 Å². The van der Waals surface area contributed by atoms with Gasteiger partial charge in [0.2, 0.25) is 6.41 Å². The Labute approximate surface area is 192 Å². The van der Waals surface area contributed by atoms with E-state index in [2.05, 4.69) is 42.6 Å². The van der Waals surface area contributed by atoms with Gasteiger partial charge in [-0.25, -0.2) is 0 Å². The van der Waals surface area contributed by atoms with E-state index in [1.807, 2.05) is 65.6 Å². The number of nitrogens with one attached hydrogen (secondary N) is 1. The van der Waals surface area contributed by atoms with E-state index in [-0.39, 0.29) is 7.33 Å². The first-order valence-corrected chi connectivity index (χ1v) is 11.2. The Bertz CT molecular complexity index is 957. The van der Waals surface area contributed by atoms with Gasteiger partial charge in [-0.2, -0.15) is 0 Å². The molecule has 1 N–H and O–H groups in total. The van der Waals surface area contributed by atoms with E-state index in [1.54, 1.807) is 0 Å². The molecule has 0 atom stereocenters. The molecule has 168 valence electrons. The number of nitrogens with zero attached hydrogens (tertiary/aromatic N) is 1. The van der Waals surface area contributed by atoms with Crippen LogP contribution in [0.25, 0.3) is 0 Å². The van der Waals surface area contributed by atoms with Crippen LogP contribution in [0, 0.1) is 5.41 Å². The number of rotatable bonds is 6. The molecule has 1 saturated heterocycles. The molecule has 4 rings (SSSR count). The van der Waals surface area contributed by atoms with Gasteiger partial charge >= 0.3 is 0 Å². The highest BCUT2D eigenvalue weighted by Crippen LogP contribution is 2.34. The lowest BCUT2D eigenvalue weighted by molar-refractivity contribution is -0.109. The lowest BCUT2D eigenvalue weighted by Gasteiger charge is -2.39. The van der Waals surface area contributed by atoms with Crippen molar-refractivity contribution in [3.05, 3.63) is 108 Å². The van der Waals surface area contributed by atoms with Gasteiger partial charge in [-0.1, -0.05) is 85.8 Å². The second-order valence-corrected chi connectivity index (χ2v) is 8.62. The van der Waals surface area contributed by atoms with Crippen molar-refractivity contribution in [1.29, 1.82) is 0 Å². The Hall–Kier alpha value is -3.40. The van der Waals surface area contributed by atoms with Crippen molar-refractivity contribution in [3.8, 4) is 0 Å². The minimum atomic E-state index is 0. The van der Waals surface area contributed by atoms with E-state index >= 15 is 0 Å². The number of hydrogen-bond donors (Lipinski definition) is 1. The molecule has 3 aromatic rings. The highest BCUT2D eigenvalue weighted by atomic mass is 16.2. The van der Waals surface area contributed by atoms with E-state index in [0.29, 0.717) is 18.4 Å². The van der Waals surface area contributed by atoms with Gasteiger partial charge in [0, 0.05) is 26.6 Å². The summed E-state index contributed by atoms with van der Waals surface area (Å²) in [6.07, 6.45) is 3.94. The van der Waals surface area contributed by atoms with Crippen molar-refractivity contribution in [2.45, 2.75) is 32.7 Å². The third kappa shape index (κ3) is 7.09. The van der Waals surface area contributed by atoms with Gasteiger partial charge in [-0.05, 0) is 47.9 Å². The van der Waals surface area contributed by atoms with Crippen molar-refractivity contribution in [2.24, 2.45) is 5.41 Å². The van der Waals surface area contributed by atoms with Crippen LogP contribution in [-0.2, 0) is 17.8 Å². The van der Waals surface area contributed by atoms with Crippen LogP contribution >= 0.6 is 0 Å². The van der Waals surface area contributed by atoms with Crippen molar-refractivity contribution in [3.63, 3.8) is 0 Å². The molecular formula is C28H34N2O2. The maximum atomic E-state index is 12.5. The topological polar surface area (TPSA) is 49.4 Å². The predicted octanol–water partition coefficient (Wildman–Crippen LogP) is 5.35. The Balaban J connectivity index is 0.000000297. The molecule has 32 heavy (non-hydrogen) atoms. The summed E-state index contributed by atoms with van der Waals surface area (Å²) in [5.74, 6) is 0.169. The van der Waals surface area contributed by atoms with Crippen molar-refractivity contribution in [2.75, 3.05) is 13.1 Å². The number of carbonyl (C=O) groups is 2. The summed E-state index contributed by atoms with van der Waals surface area (Å²) in [5.41, 5.74) is 3.62. The summed E-state index contributed by atoms with van der Waals surface area (Å²) in [7, 11) is 0. The number of piperidine rings is 1. The standard InChI is InChI=1S/C20H23NO.C8H9NO.H2/c1-20(16-17-8-4-2-5-9-17)12-14-21(15-13-20)19(22)18-10-6-3-7-11-18;10-7-9-6-8-4-2-1-3-5-8;/h2-11H,12-16H2,1H3;1-5,7H,6H2,(H,9,10);1H. The highest BCUT2D eigenvalue weighted by Gasteiger charge is 2.32. The van der Waals surface area contributed by atoms with Crippen molar-refractivity contribution < 1.29 is 11.0 Å². The molecule has 3 aromatic carbocycles. The zero-order valence-electron chi connectivity index (χ0n) is 18.7. The maximum Gasteiger partial charge on any atom is 0.253 e. The average molecular weight is 431 g/mol. The number of benzene rings is 3. The van der Waals surface area contributed by atoms with Gasteiger partial charge < -0.3 is 10.2 Å². The molecular weight excluding hydrogens is 396 g/mol. The van der Waals surface area contributed by atoms with E-state index in [9.17, 15) is 9.59 Å². The minimum Gasteiger partial charge on any atom is -0.355 e. The van der Waals surface area contributed by atoms with Gasteiger partial charge in [0.15, 0.2) is 0 Å². The van der Waals surface area contributed by atoms with Crippen LogP contribution in [0.15, 0.2) is 91.0 Å². The van der Waals surface area contributed by atoms with Gasteiger partial charge in [0.25, 0.3) is 5.91 Å². The molecule has 1 heterocycles. The highest BCUT2D eigenvalue weighted by molar-refractivity contribution is 5.94. The van der Waals surface area contributed by atoms with Crippen LogP contribution in [-0.4, -0.2) is 30.3 Å². The first-order valence-electron chi connectivity index (χ1n) is 11.2. The Morgan fingerprint density at radius 1 is 0.875 bits per heavy atom. The third-order valence-electron chi connectivity index (χ3n) is 5.98. The van der Waals surface area contributed by atoms with E-state index in [1.165, 1.54) is 5.56 Å².